The molecule has 6 nitrogen and oxygen atoms in total. The summed E-state index contributed by atoms with van der Waals surface area (Å²) in [6.07, 6.45) is 2.83. The van der Waals surface area contributed by atoms with E-state index in [-0.39, 0.29) is 5.88 Å². The van der Waals surface area contributed by atoms with Crippen LogP contribution in [0.4, 0.5) is 15.9 Å². The smallest absolute Gasteiger partial charge is 0.256 e. The van der Waals surface area contributed by atoms with Crippen molar-refractivity contribution >= 4 is 34.1 Å². The Morgan fingerprint density at radius 1 is 1.00 bits per heavy atom. The minimum Gasteiger partial charge on any atom is -0.436 e. The van der Waals surface area contributed by atoms with Crippen LogP contribution >= 0.6 is 11.6 Å². The monoisotopic (exact) mass is 367 g/mol. The van der Waals surface area contributed by atoms with Crippen molar-refractivity contribution in [2.75, 3.05) is 5.32 Å². The molecule has 0 fully saturated rings. The predicted octanol–water partition coefficient (Wildman–Crippen LogP) is 4.75. The topological polar surface area (TPSA) is 72.8 Å². The number of fused-ring (bicyclic) bond motifs is 1. The van der Waals surface area contributed by atoms with Gasteiger partial charge in [-0.3, -0.25) is 0 Å². The van der Waals surface area contributed by atoms with Gasteiger partial charge in [0.05, 0.1) is 17.4 Å². The summed E-state index contributed by atoms with van der Waals surface area (Å²) >= 11 is 5.93. The third-order valence-corrected chi connectivity index (χ3v) is 3.69. The van der Waals surface area contributed by atoms with Crippen LogP contribution in [-0.2, 0) is 0 Å². The van der Waals surface area contributed by atoms with Crippen molar-refractivity contribution in [2.45, 2.75) is 0 Å². The Labute approximate surface area is 152 Å². The third kappa shape index (κ3) is 3.38. The van der Waals surface area contributed by atoms with Crippen molar-refractivity contribution in [2.24, 2.45) is 0 Å². The molecule has 0 atom stereocenters. The first-order valence-electron chi connectivity index (χ1n) is 7.62. The number of benzene rings is 1. The molecular formula is C18H11ClFN5O. The van der Waals surface area contributed by atoms with E-state index in [1.807, 2.05) is 6.07 Å². The van der Waals surface area contributed by atoms with Crippen molar-refractivity contribution < 1.29 is 9.13 Å². The highest BCUT2D eigenvalue weighted by Gasteiger charge is 2.11. The fourth-order valence-electron chi connectivity index (χ4n) is 2.31. The van der Waals surface area contributed by atoms with Crippen LogP contribution in [0.1, 0.15) is 0 Å². The summed E-state index contributed by atoms with van der Waals surface area (Å²) in [6.45, 7) is 0. The first-order valence-corrected chi connectivity index (χ1v) is 7.99. The molecule has 0 unspecified atom stereocenters. The maximum absolute atomic E-state index is 14.3. The summed E-state index contributed by atoms with van der Waals surface area (Å²) in [6, 6.07) is 13.5. The number of hydrogen-bond donors (Lipinski definition) is 1. The Kier molecular flexibility index (Phi) is 4.28. The van der Waals surface area contributed by atoms with E-state index in [4.69, 9.17) is 16.3 Å². The first-order chi connectivity index (χ1) is 12.7. The molecule has 4 aromatic rings. The van der Waals surface area contributed by atoms with Crippen LogP contribution in [0, 0.1) is 5.82 Å². The number of para-hydroxylation sites is 1. The molecule has 1 aromatic carbocycles. The van der Waals surface area contributed by atoms with Gasteiger partial charge in [-0.2, -0.15) is 0 Å². The van der Waals surface area contributed by atoms with E-state index in [1.54, 1.807) is 36.4 Å². The summed E-state index contributed by atoms with van der Waals surface area (Å²) < 4.78 is 19.8. The maximum atomic E-state index is 14.3. The molecule has 0 spiro atoms. The van der Waals surface area contributed by atoms with Crippen LogP contribution in [0.25, 0.3) is 11.0 Å². The largest absolute Gasteiger partial charge is 0.436 e. The zero-order valence-corrected chi connectivity index (χ0v) is 14.0. The molecular weight excluding hydrogens is 357 g/mol. The van der Waals surface area contributed by atoms with Gasteiger partial charge < -0.3 is 10.1 Å². The van der Waals surface area contributed by atoms with Crippen molar-refractivity contribution in [3.05, 3.63) is 72.0 Å². The van der Waals surface area contributed by atoms with Crippen LogP contribution in [0.2, 0.25) is 5.15 Å². The standard InChI is InChI=1S/C18H11ClFN5O/c19-15-7-6-14-16(25-15)17(23-10-22-14)24-11-8-13(20)18(21-9-11)26-12-4-2-1-3-5-12/h1-10H,(H,22,23,24). The fraction of sp³-hybridized carbons (Fsp3) is 0. The molecule has 0 amide bonds. The molecule has 1 N–H and O–H groups in total. The molecule has 0 aliphatic carbocycles. The number of nitrogens with zero attached hydrogens (tertiary/aromatic N) is 4. The predicted molar refractivity (Wildman–Crippen MR) is 96.3 cm³/mol. The highest BCUT2D eigenvalue weighted by Crippen LogP contribution is 2.26. The van der Waals surface area contributed by atoms with Gasteiger partial charge in [0, 0.05) is 6.07 Å². The van der Waals surface area contributed by atoms with Crippen LogP contribution in [0.15, 0.2) is 61.1 Å². The second-order valence-electron chi connectivity index (χ2n) is 5.28. The number of hydrogen-bond acceptors (Lipinski definition) is 6. The van der Waals surface area contributed by atoms with Gasteiger partial charge in [-0.25, -0.2) is 24.3 Å². The number of ether oxygens (including phenoxy) is 1. The molecule has 0 radical (unpaired) electrons. The molecule has 4 rings (SSSR count). The van der Waals surface area contributed by atoms with E-state index >= 15 is 0 Å². The lowest BCUT2D eigenvalue weighted by Crippen LogP contribution is -2.00. The van der Waals surface area contributed by atoms with Gasteiger partial charge in [0.15, 0.2) is 11.6 Å². The van der Waals surface area contributed by atoms with Gasteiger partial charge in [-0.15, -0.1) is 0 Å². The van der Waals surface area contributed by atoms with E-state index in [1.165, 1.54) is 18.6 Å². The minimum atomic E-state index is -0.608. The first kappa shape index (κ1) is 16.2. The Bertz CT molecular complexity index is 1080. The van der Waals surface area contributed by atoms with Crippen LogP contribution in [0.3, 0.4) is 0 Å². The molecule has 0 bridgehead atoms. The maximum Gasteiger partial charge on any atom is 0.256 e. The summed E-state index contributed by atoms with van der Waals surface area (Å²) in [5.41, 5.74) is 1.49. The molecule has 3 heterocycles. The Hall–Kier alpha value is -3.32. The number of rotatable bonds is 4. The number of nitrogens with one attached hydrogen (secondary N) is 1. The molecule has 8 heteroatoms. The molecule has 0 saturated carbocycles. The van der Waals surface area contributed by atoms with E-state index in [2.05, 4.69) is 25.3 Å². The lowest BCUT2D eigenvalue weighted by molar-refractivity contribution is 0.423. The molecule has 0 aliphatic heterocycles. The second kappa shape index (κ2) is 6.89. The quantitative estimate of drug-likeness (QED) is 0.525. The molecule has 3 aromatic heterocycles. The highest BCUT2D eigenvalue weighted by atomic mass is 35.5. The summed E-state index contributed by atoms with van der Waals surface area (Å²) in [4.78, 5) is 16.5. The summed E-state index contributed by atoms with van der Waals surface area (Å²) in [5, 5.41) is 3.29. The summed E-state index contributed by atoms with van der Waals surface area (Å²) in [7, 11) is 0. The van der Waals surface area contributed by atoms with E-state index in [0.29, 0.717) is 33.4 Å². The fourth-order valence-corrected chi connectivity index (χ4v) is 2.46. The van der Waals surface area contributed by atoms with Crippen molar-refractivity contribution in [1.82, 2.24) is 19.9 Å². The third-order valence-electron chi connectivity index (χ3n) is 3.48. The Morgan fingerprint density at radius 2 is 1.85 bits per heavy atom. The number of halogens is 2. The lowest BCUT2D eigenvalue weighted by Gasteiger charge is -2.09. The number of anilines is 2. The SMILES string of the molecule is Fc1cc(Nc2ncnc3ccc(Cl)nc23)cnc1Oc1ccccc1. The van der Waals surface area contributed by atoms with E-state index in [0.717, 1.165) is 0 Å². The van der Waals surface area contributed by atoms with Crippen LogP contribution in [-0.4, -0.2) is 19.9 Å². The molecule has 26 heavy (non-hydrogen) atoms. The normalized spacial score (nSPS) is 10.7. The van der Waals surface area contributed by atoms with Gasteiger partial charge in [-0.1, -0.05) is 29.8 Å². The van der Waals surface area contributed by atoms with E-state index < -0.39 is 5.82 Å². The molecule has 0 aliphatic rings. The Balaban J connectivity index is 1.62. The van der Waals surface area contributed by atoms with Gasteiger partial charge in [0.2, 0.25) is 0 Å². The minimum absolute atomic E-state index is 0.115. The molecule has 0 saturated heterocycles. The van der Waals surface area contributed by atoms with Crippen LogP contribution < -0.4 is 10.1 Å². The zero-order chi connectivity index (χ0) is 17.9. The second-order valence-corrected chi connectivity index (χ2v) is 5.66. The van der Waals surface area contributed by atoms with Gasteiger partial charge >= 0.3 is 0 Å². The van der Waals surface area contributed by atoms with Crippen molar-refractivity contribution in [3.63, 3.8) is 0 Å². The van der Waals surface area contributed by atoms with Gasteiger partial charge in [-0.05, 0) is 24.3 Å². The molecule has 128 valence electrons. The van der Waals surface area contributed by atoms with Gasteiger partial charge in [0.25, 0.3) is 5.88 Å². The lowest BCUT2D eigenvalue weighted by atomic mass is 10.3. The average molecular weight is 368 g/mol. The Morgan fingerprint density at radius 3 is 2.65 bits per heavy atom. The average Bonchev–Trinajstić information content (AvgIpc) is 2.65. The summed E-state index contributed by atoms with van der Waals surface area (Å²) in [5.74, 6) is 0.175. The van der Waals surface area contributed by atoms with Gasteiger partial charge in [0.1, 0.15) is 22.7 Å². The number of aromatic nitrogens is 4. The van der Waals surface area contributed by atoms with Crippen molar-refractivity contribution in [1.29, 1.82) is 0 Å². The van der Waals surface area contributed by atoms with Crippen molar-refractivity contribution in [3.8, 4) is 11.6 Å². The zero-order valence-electron chi connectivity index (χ0n) is 13.2. The van der Waals surface area contributed by atoms with Crippen LogP contribution in [0.5, 0.6) is 11.6 Å². The highest BCUT2D eigenvalue weighted by molar-refractivity contribution is 6.29. The van der Waals surface area contributed by atoms with E-state index in [9.17, 15) is 4.39 Å². The number of pyridine rings is 2.